The van der Waals surface area contributed by atoms with Crippen molar-refractivity contribution in [2.75, 3.05) is 13.2 Å². The fourth-order valence-electron chi connectivity index (χ4n) is 1.79. The van der Waals surface area contributed by atoms with Crippen LogP contribution in [0.3, 0.4) is 0 Å². The van der Waals surface area contributed by atoms with Crippen LogP contribution >= 0.6 is 11.3 Å². The molecule has 0 aromatic carbocycles. The highest BCUT2D eigenvalue weighted by Gasteiger charge is 2.21. The Balaban J connectivity index is 1.79. The average molecular weight is 228 g/mol. The molecule has 2 heterocycles. The summed E-state index contributed by atoms with van der Waals surface area (Å²) in [5, 5.41) is 5.28. The maximum absolute atomic E-state index is 10.9. The third-order valence-corrected chi connectivity index (χ3v) is 3.58. The summed E-state index contributed by atoms with van der Waals surface area (Å²) in [6, 6.07) is 0.441. The number of rotatable bonds is 4. The van der Waals surface area contributed by atoms with Crippen LogP contribution in [0.15, 0.2) is 10.2 Å². The van der Waals surface area contributed by atoms with Gasteiger partial charge in [-0.25, -0.2) is 0 Å². The number of aromatic nitrogens is 1. The van der Waals surface area contributed by atoms with E-state index >= 15 is 0 Å². The minimum absolute atomic E-state index is 0.0173. The molecule has 0 aliphatic carbocycles. The van der Waals surface area contributed by atoms with Gasteiger partial charge in [-0.15, -0.1) is 0 Å². The molecular weight excluding hydrogens is 212 g/mol. The van der Waals surface area contributed by atoms with E-state index in [9.17, 15) is 4.79 Å². The lowest BCUT2D eigenvalue weighted by atomic mass is 10.0. The molecule has 1 aliphatic rings. The molecule has 0 saturated carbocycles. The molecule has 2 N–H and O–H groups in total. The van der Waals surface area contributed by atoms with Crippen molar-refractivity contribution >= 4 is 11.3 Å². The second-order valence-electron chi connectivity index (χ2n) is 3.97. The molecule has 2 unspecified atom stereocenters. The van der Waals surface area contributed by atoms with Gasteiger partial charge in [0.25, 0.3) is 0 Å². The summed E-state index contributed by atoms with van der Waals surface area (Å²) in [5.74, 6) is 0.607. The Morgan fingerprint density at radius 2 is 2.67 bits per heavy atom. The van der Waals surface area contributed by atoms with Gasteiger partial charge in [0.15, 0.2) is 0 Å². The molecule has 4 nitrogen and oxygen atoms in total. The first kappa shape index (κ1) is 10.9. The Hall–Kier alpha value is -0.650. The molecule has 15 heavy (non-hydrogen) atoms. The SMILES string of the molecule is CC(NCc1csc(=O)[nH]1)C1CCOC1. The minimum atomic E-state index is 0.0173. The number of hydrogen-bond donors (Lipinski definition) is 2. The third-order valence-electron chi connectivity index (χ3n) is 2.86. The van der Waals surface area contributed by atoms with Crippen molar-refractivity contribution in [3.05, 3.63) is 20.7 Å². The number of hydrogen-bond acceptors (Lipinski definition) is 4. The van der Waals surface area contributed by atoms with E-state index in [0.717, 1.165) is 31.9 Å². The molecule has 1 aromatic rings. The van der Waals surface area contributed by atoms with Gasteiger partial charge >= 0.3 is 4.87 Å². The van der Waals surface area contributed by atoms with Crippen LogP contribution in [0.2, 0.25) is 0 Å². The fourth-order valence-corrected chi connectivity index (χ4v) is 2.37. The quantitative estimate of drug-likeness (QED) is 0.807. The van der Waals surface area contributed by atoms with E-state index in [1.54, 1.807) is 0 Å². The van der Waals surface area contributed by atoms with E-state index in [4.69, 9.17) is 4.74 Å². The van der Waals surface area contributed by atoms with Crippen molar-refractivity contribution in [3.8, 4) is 0 Å². The third kappa shape index (κ3) is 2.90. The Kier molecular flexibility index (Phi) is 3.56. The van der Waals surface area contributed by atoms with Crippen molar-refractivity contribution in [1.29, 1.82) is 0 Å². The first-order valence-corrected chi connectivity index (χ1v) is 6.11. The Labute approximate surface area is 92.7 Å². The molecule has 0 radical (unpaired) electrons. The van der Waals surface area contributed by atoms with Gasteiger partial charge in [0, 0.05) is 30.3 Å². The van der Waals surface area contributed by atoms with Crippen LogP contribution in [-0.2, 0) is 11.3 Å². The van der Waals surface area contributed by atoms with Crippen molar-refractivity contribution in [3.63, 3.8) is 0 Å². The lowest BCUT2D eigenvalue weighted by Gasteiger charge is -2.18. The number of ether oxygens (including phenoxy) is 1. The fraction of sp³-hybridized carbons (Fsp3) is 0.700. The minimum Gasteiger partial charge on any atom is -0.381 e. The van der Waals surface area contributed by atoms with E-state index in [0.29, 0.717) is 12.0 Å². The van der Waals surface area contributed by atoms with Crippen LogP contribution in [0.5, 0.6) is 0 Å². The molecule has 2 atom stereocenters. The second kappa shape index (κ2) is 4.92. The van der Waals surface area contributed by atoms with Gasteiger partial charge in [-0.05, 0) is 19.3 Å². The molecule has 2 rings (SSSR count). The van der Waals surface area contributed by atoms with Gasteiger partial charge in [0.05, 0.1) is 6.61 Å². The summed E-state index contributed by atoms with van der Waals surface area (Å²) < 4.78 is 5.34. The van der Waals surface area contributed by atoms with Gasteiger partial charge in [-0.3, -0.25) is 4.79 Å². The lowest BCUT2D eigenvalue weighted by molar-refractivity contribution is 0.178. The predicted octanol–water partition coefficient (Wildman–Crippen LogP) is 0.951. The topological polar surface area (TPSA) is 54.1 Å². The summed E-state index contributed by atoms with van der Waals surface area (Å²) in [5.41, 5.74) is 0.968. The van der Waals surface area contributed by atoms with E-state index < -0.39 is 0 Å². The van der Waals surface area contributed by atoms with E-state index in [1.165, 1.54) is 11.3 Å². The van der Waals surface area contributed by atoms with Gasteiger partial charge in [0.1, 0.15) is 0 Å². The zero-order chi connectivity index (χ0) is 10.7. The molecule has 0 amide bonds. The van der Waals surface area contributed by atoms with Crippen molar-refractivity contribution in [2.24, 2.45) is 5.92 Å². The van der Waals surface area contributed by atoms with Crippen molar-refractivity contribution < 1.29 is 4.74 Å². The zero-order valence-corrected chi connectivity index (χ0v) is 9.60. The number of aromatic amines is 1. The zero-order valence-electron chi connectivity index (χ0n) is 8.79. The maximum Gasteiger partial charge on any atom is 0.304 e. The van der Waals surface area contributed by atoms with Crippen LogP contribution in [0.4, 0.5) is 0 Å². The van der Waals surface area contributed by atoms with Crippen LogP contribution < -0.4 is 10.2 Å². The number of nitrogens with one attached hydrogen (secondary N) is 2. The molecule has 1 aliphatic heterocycles. The Morgan fingerprint density at radius 3 is 3.27 bits per heavy atom. The highest BCUT2D eigenvalue weighted by atomic mass is 32.1. The first-order chi connectivity index (χ1) is 7.25. The smallest absolute Gasteiger partial charge is 0.304 e. The van der Waals surface area contributed by atoms with Crippen LogP contribution in [-0.4, -0.2) is 24.2 Å². The molecule has 1 fully saturated rings. The Morgan fingerprint density at radius 1 is 1.80 bits per heavy atom. The highest BCUT2D eigenvalue weighted by Crippen LogP contribution is 2.16. The summed E-state index contributed by atoms with van der Waals surface area (Å²) in [6.45, 7) is 4.64. The van der Waals surface area contributed by atoms with Gasteiger partial charge in [-0.1, -0.05) is 11.3 Å². The summed E-state index contributed by atoms with van der Waals surface area (Å²) >= 11 is 1.21. The lowest BCUT2D eigenvalue weighted by Crippen LogP contribution is -2.33. The van der Waals surface area contributed by atoms with Crippen molar-refractivity contribution in [1.82, 2.24) is 10.3 Å². The monoisotopic (exact) mass is 228 g/mol. The molecule has 1 saturated heterocycles. The van der Waals surface area contributed by atoms with E-state index in [-0.39, 0.29) is 4.87 Å². The molecular formula is C10H16N2O2S. The number of thiazole rings is 1. The molecule has 0 spiro atoms. The van der Waals surface area contributed by atoms with Gasteiger partial charge in [-0.2, -0.15) is 0 Å². The second-order valence-corrected chi connectivity index (χ2v) is 4.81. The van der Waals surface area contributed by atoms with Crippen LogP contribution in [0.25, 0.3) is 0 Å². The summed E-state index contributed by atoms with van der Waals surface area (Å²) in [6.07, 6.45) is 1.13. The predicted molar refractivity (Wildman–Crippen MR) is 60.2 cm³/mol. The maximum atomic E-state index is 10.9. The number of H-pyrrole nitrogens is 1. The summed E-state index contributed by atoms with van der Waals surface area (Å²) in [7, 11) is 0. The molecule has 0 bridgehead atoms. The van der Waals surface area contributed by atoms with Crippen molar-refractivity contribution in [2.45, 2.75) is 25.9 Å². The highest BCUT2D eigenvalue weighted by molar-refractivity contribution is 7.07. The summed E-state index contributed by atoms with van der Waals surface area (Å²) in [4.78, 5) is 13.7. The average Bonchev–Trinajstić information content (AvgIpc) is 2.84. The standard InChI is InChI=1S/C10H16N2O2S/c1-7(8-2-3-14-5-8)11-4-9-6-15-10(13)12-9/h6-8,11H,2-5H2,1H3,(H,12,13). The largest absolute Gasteiger partial charge is 0.381 e. The Bertz CT molecular complexity index is 354. The van der Waals surface area contributed by atoms with Gasteiger partial charge < -0.3 is 15.0 Å². The van der Waals surface area contributed by atoms with Gasteiger partial charge in [0.2, 0.25) is 0 Å². The first-order valence-electron chi connectivity index (χ1n) is 5.23. The molecule has 1 aromatic heterocycles. The normalized spacial score (nSPS) is 23.1. The molecule has 84 valence electrons. The van der Waals surface area contributed by atoms with Crippen LogP contribution in [0.1, 0.15) is 19.0 Å². The van der Waals surface area contributed by atoms with Crippen LogP contribution in [0, 0.1) is 5.92 Å². The van der Waals surface area contributed by atoms with E-state index in [2.05, 4.69) is 17.2 Å². The molecule has 5 heteroatoms. The van der Waals surface area contributed by atoms with E-state index in [1.807, 2.05) is 5.38 Å².